The van der Waals surface area contributed by atoms with Gasteiger partial charge < -0.3 is 0 Å². The summed E-state index contributed by atoms with van der Waals surface area (Å²) < 4.78 is 12.8. The average molecular weight is 201 g/mol. The van der Waals surface area contributed by atoms with Crippen molar-refractivity contribution in [3.63, 3.8) is 0 Å². The zero-order chi connectivity index (χ0) is 9.84. The summed E-state index contributed by atoms with van der Waals surface area (Å²) in [6.45, 7) is 1.90. The molecule has 0 aliphatic heterocycles. The Morgan fingerprint density at radius 3 is 2.77 bits per heavy atom. The van der Waals surface area contributed by atoms with Crippen molar-refractivity contribution in [2.75, 3.05) is 5.75 Å². The molecule has 0 amide bonds. The fourth-order valence-corrected chi connectivity index (χ4v) is 1.64. The number of non-ortho nitro benzene ring substituents is 1. The van der Waals surface area contributed by atoms with Crippen LogP contribution in [0.15, 0.2) is 23.1 Å². The summed E-state index contributed by atoms with van der Waals surface area (Å²) in [5.41, 5.74) is -0.198. The predicted molar refractivity (Wildman–Crippen MR) is 49.5 cm³/mol. The van der Waals surface area contributed by atoms with Gasteiger partial charge in [0.25, 0.3) is 5.69 Å². The quantitative estimate of drug-likeness (QED) is 0.429. The molecule has 0 bridgehead atoms. The number of rotatable bonds is 3. The van der Waals surface area contributed by atoms with Gasteiger partial charge in [-0.05, 0) is 11.8 Å². The fourth-order valence-electron chi connectivity index (χ4n) is 0.903. The number of halogens is 1. The van der Waals surface area contributed by atoms with Gasteiger partial charge in [-0.3, -0.25) is 10.1 Å². The van der Waals surface area contributed by atoms with Crippen molar-refractivity contribution in [2.24, 2.45) is 0 Å². The summed E-state index contributed by atoms with van der Waals surface area (Å²) in [4.78, 5) is 10.3. The summed E-state index contributed by atoms with van der Waals surface area (Å²) >= 11 is 1.38. The van der Waals surface area contributed by atoms with Gasteiger partial charge in [0.2, 0.25) is 0 Å². The van der Waals surface area contributed by atoms with Gasteiger partial charge in [0.15, 0.2) is 0 Å². The molecule has 1 aromatic rings. The van der Waals surface area contributed by atoms with Gasteiger partial charge in [0.1, 0.15) is 5.82 Å². The van der Waals surface area contributed by atoms with Crippen LogP contribution in [0.1, 0.15) is 6.92 Å². The Kier molecular flexibility index (Phi) is 3.25. The first-order valence-corrected chi connectivity index (χ1v) is 4.70. The van der Waals surface area contributed by atoms with Crippen LogP contribution in [-0.2, 0) is 0 Å². The van der Waals surface area contributed by atoms with Gasteiger partial charge in [-0.1, -0.05) is 6.92 Å². The molecule has 0 unspecified atom stereocenters. The van der Waals surface area contributed by atoms with E-state index in [0.29, 0.717) is 4.90 Å². The van der Waals surface area contributed by atoms with E-state index in [9.17, 15) is 14.5 Å². The molecule has 0 spiro atoms. The maximum Gasteiger partial charge on any atom is 0.273 e. The zero-order valence-corrected chi connectivity index (χ0v) is 7.81. The van der Waals surface area contributed by atoms with Crippen LogP contribution >= 0.6 is 11.8 Å². The first-order chi connectivity index (χ1) is 6.13. The highest BCUT2D eigenvalue weighted by molar-refractivity contribution is 7.99. The van der Waals surface area contributed by atoms with Crippen molar-refractivity contribution in [1.29, 1.82) is 0 Å². The van der Waals surface area contributed by atoms with E-state index in [0.717, 1.165) is 11.8 Å². The molecule has 1 rings (SSSR count). The van der Waals surface area contributed by atoms with Crippen molar-refractivity contribution in [3.8, 4) is 0 Å². The Bertz CT molecular complexity index is 330. The zero-order valence-electron chi connectivity index (χ0n) is 6.99. The highest BCUT2D eigenvalue weighted by Crippen LogP contribution is 2.24. The van der Waals surface area contributed by atoms with Crippen molar-refractivity contribution in [2.45, 2.75) is 11.8 Å². The van der Waals surface area contributed by atoms with Crippen LogP contribution in [0.2, 0.25) is 0 Å². The summed E-state index contributed by atoms with van der Waals surface area (Å²) in [6, 6.07) is 3.58. The number of nitrogens with zero attached hydrogens (tertiary/aromatic N) is 1. The standard InChI is InChI=1S/C8H8FNO2S/c1-2-13-8-4-6(9)3-7(5-8)10(11)12/h3-5H,2H2,1H3. The van der Waals surface area contributed by atoms with Crippen LogP contribution < -0.4 is 0 Å². The van der Waals surface area contributed by atoms with E-state index in [2.05, 4.69) is 0 Å². The Morgan fingerprint density at radius 1 is 1.54 bits per heavy atom. The number of benzene rings is 1. The molecule has 3 nitrogen and oxygen atoms in total. The Balaban J connectivity index is 3.03. The molecule has 0 radical (unpaired) electrons. The minimum absolute atomic E-state index is 0.198. The van der Waals surface area contributed by atoms with Crippen molar-refractivity contribution in [1.82, 2.24) is 0 Å². The molecule has 0 aromatic heterocycles. The normalized spacial score (nSPS) is 10.0. The second-order valence-electron chi connectivity index (χ2n) is 2.34. The molecule has 1 aromatic carbocycles. The first-order valence-electron chi connectivity index (χ1n) is 3.71. The van der Waals surface area contributed by atoms with Gasteiger partial charge >= 0.3 is 0 Å². The minimum Gasteiger partial charge on any atom is -0.258 e. The van der Waals surface area contributed by atoms with Crippen LogP contribution in [0, 0.1) is 15.9 Å². The molecule has 0 aliphatic rings. The molecule has 0 N–H and O–H groups in total. The van der Waals surface area contributed by atoms with Crippen molar-refractivity contribution >= 4 is 17.4 Å². The third-order valence-corrected chi connectivity index (χ3v) is 2.24. The topological polar surface area (TPSA) is 43.1 Å². The SMILES string of the molecule is CCSc1cc(F)cc([N+](=O)[O-])c1. The van der Waals surface area contributed by atoms with Gasteiger partial charge in [-0.15, -0.1) is 11.8 Å². The molecule has 0 saturated carbocycles. The second-order valence-corrected chi connectivity index (χ2v) is 3.67. The third-order valence-electron chi connectivity index (χ3n) is 1.38. The lowest BCUT2D eigenvalue weighted by molar-refractivity contribution is -0.385. The maximum absolute atomic E-state index is 12.8. The molecule has 0 aliphatic carbocycles. The van der Waals surface area contributed by atoms with Crippen LogP contribution in [0.4, 0.5) is 10.1 Å². The van der Waals surface area contributed by atoms with E-state index in [1.807, 2.05) is 6.92 Å². The number of hydrogen-bond acceptors (Lipinski definition) is 3. The minimum atomic E-state index is -0.594. The second kappa shape index (κ2) is 4.23. The Labute approximate surface area is 79.1 Å². The van der Waals surface area contributed by atoms with E-state index in [4.69, 9.17) is 0 Å². The van der Waals surface area contributed by atoms with Crippen LogP contribution in [-0.4, -0.2) is 10.7 Å². The third kappa shape index (κ3) is 2.69. The summed E-state index contributed by atoms with van der Waals surface area (Å²) in [5, 5.41) is 10.3. The lowest BCUT2D eigenvalue weighted by Gasteiger charge is -1.98. The summed E-state index contributed by atoms with van der Waals surface area (Å²) in [7, 11) is 0. The molecule has 13 heavy (non-hydrogen) atoms. The highest BCUT2D eigenvalue weighted by atomic mass is 32.2. The van der Waals surface area contributed by atoms with Gasteiger partial charge in [0.05, 0.1) is 11.0 Å². The van der Waals surface area contributed by atoms with Gasteiger partial charge in [-0.25, -0.2) is 4.39 Å². The van der Waals surface area contributed by atoms with E-state index < -0.39 is 10.7 Å². The Morgan fingerprint density at radius 2 is 2.23 bits per heavy atom. The summed E-state index contributed by atoms with van der Waals surface area (Å²) in [6.07, 6.45) is 0. The monoisotopic (exact) mass is 201 g/mol. The lowest BCUT2D eigenvalue weighted by atomic mass is 10.3. The van der Waals surface area contributed by atoms with E-state index in [-0.39, 0.29) is 5.69 Å². The van der Waals surface area contributed by atoms with E-state index in [1.54, 1.807) is 0 Å². The van der Waals surface area contributed by atoms with Crippen LogP contribution in [0.3, 0.4) is 0 Å². The van der Waals surface area contributed by atoms with E-state index in [1.165, 1.54) is 23.9 Å². The number of nitro benzene ring substituents is 1. The highest BCUT2D eigenvalue weighted by Gasteiger charge is 2.09. The van der Waals surface area contributed by atoms with Crippen LogP contribution in [0.5, 0.6) is 0 Å². The molecular formula is C8H8FNO2S. The van der Waals surface area contributed by atoms with Crippen molar-refractivity contribution in [3.05, 3.63) is 34.1 Å². The molecule has 70 valence electrons. The maximum atomic E-state index is 12.8. The van der Waals surface area contributed by atoms with Crippen LogP contribution in [0.25, 0.3) is 0 Å². The smallest absolute Gasteiger partial charge is 0.258 e. The lowest BCUT2D eigenvalue weighted by Crippen LogP contribution is -1.89. The number of thioether (sulfide) groups is 1. The van der Waals surface area contributed by atoms with Crippen molar-refractivity contribution < 1.29 is 9.31 Å². The molecule has 0 saturated heterocycles. The molecule has 0 fully saturated rings. The predicted octanol–water partition coefficient (Wildman–Crippen LogP) is 2.85. The molecule has 0 atom stereocenters. The first kappa shape index (κ1) is 9.98. The van der Waals surface area contributed by atoms with Gasteiger partial charge in [-0.2, -0.15) is 0 Å². The molecule has 0 heterocycles. The molecule has 5 heteroatoms. The average Bonchev–Trinajstić information content (AvgIpc) is 2.03. The fraction of sp³-hybridized carbons (Fsp3) is 0.250. The largest absolute Gasteiger partial charge is 0.273 e. The number of hydrogen-bond donors (Lipinski definition) is 0. The Hall–Kier alpha value is -1.10. The number of nitro groups is 1. The van der Waals surface area contributed by atoms with E-state index >= 15 is 0 Å². The summed E-state index contributed by atoms with van der Waals surface area (Å²) in [5.74, 6) is 0.200. The van der Waals surface area contributed by atoms with Gasteiger partial charge in [0, 0.05) is 11.0 Å². The molecular weight excluding hydrogens is 193 g/mol.